The van der Waals surface area contributed by atoms with E-state index in [9.17, 15) is 4.79 Å². The highest BCUT2D eigenvalue weighted by molar-refractivity contribution is 5.80. The number of carbonyl (C=O) groups excluding carboxylic acids is 1. The average Bonchev–Trinajstić information content (AvgIpc) is 2.96. The van der Waals surface area contributed by atoms with Gasteiger partial charge in [-0.3, -0.25) is 14.7 Å². The number of nitrogens with one attached hydrogen (secondary N) is 1. The normalized spacial score (nSPS) is 19.3. The molecule has 0 bridgehead atoms. The molecule has 0 aliphatic carbocycles. The van der Waals surface area contributed by atoms with Crippen molar-refractivity contribution < 1.29 is 4.79 Å². The van der Waals surface area contributed by atoms with Gasteiger partial charge in [-0.1, -0.05) is 36.8 Å². The van der Waals surface area contributed by atoms with Crippen molar-refractivity contribution in [2.45, 2.75) is 45.6 Å². The molecular formula is C23H37N5O. The predicted molar refractivity (Wildman–Crippen MR) is 119 cm³/mol. The van der Waals surface area contributed by atoms with Crippen LogP contribution in [-0.4, -0.2) is 78.9 Å². The molecule has 1 amide bonds. The number of nitrogens with zero attached hydrogens (tertiary/aromatic N) is 4. The van der Waals surface area contributed by atoms with E-state index < -0.39 is 0 Å². The van der Waals surface area contributed by atoms with Crippen LogP contribution in [0.5, 0.6) is 0 Å². The smallest absolute Gasteiger partial charge is 0.222 e. The number of aliphatic imine (C=N–C) groups is 1. The average molecular weight is 400 g/mol. The molecule has 2 aliphatic heterocycles. The van der Waals surface area contributed by atoms with Gasteiger partial charge in [-0.15, -0.1) is 0 Å². The van der Waals surface area contributed by atoms with Crippen molar-refractivity contribution in [2.75, 3.05) is 52.4 Å². The number of benzene rings is 1. The van der Waals surface area contributed by atoms with Crippen LogP contribution in [0.25, 0.3) is 0 Å². The van der Waals surface area contributed by atoms with Gasteiger partial charge in [0.05, 0.1) is 0 Å². The zero-order valence-electron chi connectivity index (χ0n) is 18.0. The van der Waals surface area contributed by atoms with Crippen LogP contribution >= 0.6 is 0 Å². The van der Waals surface area contributed by atoms with E-state index in [1.807, 2.05) is 4.90 Å². The van der Waals surface area contributed by atoms with E-state index in [2.05, 4.69) is 52.4 Å². The van der Waals surface area contributed by atoms with Gasteiger partial charge in [0.1, 0.15) is 0 Å². The maximum Gasteiger partial charge on any atom is 0.222 e. The fourth-order valence-electron chi connectivity index (χ4n) is 4.11. The Balaban J connectivity index is 1.43. The van der Waals surface area contributed by atoms with Crippen LogP contribution in [0.1, 0.15) is 44.6 Å². The van der Waals surface area contributed by atoms with Crippen molar-refractivity contribution in [3.8, 4) is 0 Å². The third-order valence-electron chi connectivity index (χ3n) is 5.77. The molecule has 2 aliphatic rings. The molecule has 0 unspecified atom stereocenters. The third kappa shape index (κ3) is 7.03. The van der Waals surface area contributed by atoms with Crippen molar-refractivity contribution in [3.63, 3.8) is 0 Å². The third-order valence-corrected chi connectivity index (χ3v) is 5.77. The summed E-state index contributed by atoms with van der Waals surface area (Å²) in [4.78, 5) is 23.9. The Morgan fingerprint density at radius 1 is 1.03 bits per heavy atom. The van der Waals surface area contributed by atoms with E-state index in [0.29, 0.717) is 5.91 Å². The fourth-order valence-corrected chi connectivity index (χ4v) is 4.11. The summed E-state index contributed by atoms with van der Waals surface area (Å²) in [6, 6.07) is 10.7. The molecule has 29 heavy (non-hydrogen) atoms. The lowest BCUT2D eigenvalue weighted by Crippen LogP contribution is -2.52. The van der Waals surface area contributed by atoms with E-state index >= 15 is 0 Å². The number of rotatable bonds is 7. The van der Waals surface area contributed by atoms with Gasteiger partial charge in [0.25, 0.3) is 0 Å². The molecule has 160 valence electrons. The molecule has 0 atom stereocenters. The summed E-state index contributed by atoms with van der Waals surface area (Å²) < 4.78 is 0. The maximum atomic E-state index is 12.1. The van der Waals surface area contributed by atoms with Gasteiger partial charge >= 0.3 is 0 Å². The van der Waals surface area contributed by atoms with E-state index in [4.69, 9.17) is 4.99 Å². The van der Waals surface area contributed by atoms with Gasteiger partial charge < -0.3 is 15.1 Å². The van der Waals surface area contributed by atoms with Gasteiger partial charge in [0.2, 0.25) is 5.91 Å². The summed E-state index contributed by atoms with van der Waals surface area (Å²) in [6.45, 7) is 10.7. The molecule has 1 aromatic carbocycles. The molecule has 6 heteroatoms. The highest BCUT2D eigenvalue weighted by Crippen LogP contribution is 2.12. The first-order valence-electron chi connectivity index (χ1n) is 11.3. The van der Waals surface area contributed by atoms with Crippen LogP contribution in [0, 0.1) is 0 Å². The second-order valence-corrected chi connectivity index (χ2v) is 8.03. The van der Waals surface area contributed by atoms with Crippen molar-refractivity contribution in [1.82, 2.24) is 20.0 Å². The monoisotopic (exact) mass is 399 g/mol. The lowest BCUT2D eigenvalue weighted by molar-refractivity contribution is -0.130. The Morgan fingerprint density at radius 2 is 1.83 bits per heavy atom. The molecule has 0 aromatic heterocycles. The van der Waals surface area contributed by atoms with Crippen LogP contribution in [-0.2, 0) is 11.3 Å². The highest BCUT2D eigenvalue weighted by atomic mass is 16.2. The number of guanidine groups is 1. The minimum atomic E-state index is 0.327. The Labute approximate surface area is 176 Å². The molecule has 1 aromatic rings. The van der Waals surface area contributed by atoms with Crippen molar-refractivity contribution >= 4 is 11.9 Å². The standard InChI is InChI=1S/C23H37N5O/c1-2-24-23(25-13-9-15-27-14-8-4-7-12-22(27)29)28-18-16-26(17-19-28)20-21-10-5-3-6-11-21/h3,5-6,10-11H,2,4,7-9,12-20H2,1H3,(H,24,25). The van der Waals surface area contributed by atoms with Gasteiger partial charge in [0, 0.05) is 65.3 Å². The number of carbonyl (C=O) groups is 1. The van der Waals surface area contributed by atoms with E-state index in [-0.39, 0.29) is 0 Å². The quantitative estimate of drug-likeness (QED) is 0.435. The number of likely N-dealkylation sites (tertiary alicyclic amines) is 1. The topological polar surface area (TPSA) is 51.2 Å². The molecule has 2 fully saturated rings. The summed E-state index contributed by atoms with van der Waals surface area (Å²) in [5, 5.41) is 3.45. The molecule has 1 N–H and O–H groups in total. The lowest BCUT2D eigenvalue weighted by Gasteiger charge is -2.36. The van der Waals surface area contributed by atoms with Crippen LogP contribution in [0.2, 0.25) is 0 Å². The highest BCUT2D eigenvalue weighted by Gasteiger charge is 2.20. The van der Waals surface area contributed by atoms with Crippen molar-refractivity contribution in [2.24, 2.45) is 4.99 Å². The number of hydrogen-bond acceptors (Lipinski definition) is 3. The van der Waals surface area contributed by atoms with Crippen molar-refractivity contribution in [1.29, 1.82) is 0 Å². The van der Waals surface area contributed by atoms with E-state index in [1.54, 1.807) is 0 Å². The van der Waals surface area contributed by atoms with Gasteiger partial charge in [-0.2, -0.15) is 0 Å². The zero-order valence-corrected chi connectivity index (χ0v) is 18.0. The zero-order chi connectivity index (χ0) is 20.3. The van der Waals surface area contributed by atoms with E-state index in [0.717, 1.165) is 90.5 Å². The van der Waals surface area contributed by atoms with Crippen LogP contribution in [0.15, 0.2) is 35.3 Å². The van der Waals surface area contributed by atoms with Crippen molar-refractivity contribution in [3.05, 3.63) is 35.9 Å². The van der Waals surface area contributed by atoms with E-state index in [1.165, 1.54) is 12.0 Å². The largest absolute Gasteiger partial charge is 0.357 e. The second-order valence-electron chi connectivity index (χ2n) is 8.03. The molecule has 6 nitrogen and oxygen atoms in total. The number of piperazine rings is 1. The van der Waals surface area contributed by atoms with Crippen LogP contribution in [0.3, 0.4) is 0 Å². The van der Waals surface area contributed by atoms with Gasteiger partial charge in [-0.05, 0) is 31.7 Å². The Bertz CT molecular complexity index is 640. The summed E-state index contributed by atoms with van der Waals surface area (Å²) in [5.74, 6) is 1.35. The Morgan fingerprint density at radius 3 is 2.59 bits per heavy atom. The SMILES string of the molecule is CCNC(=NCCCN1CCCCCC1=O)N1CCN(Cc2ccccc2)CC1. The maximum absolute atomic E-state index is 12.1. The molecule has 0 spiro atoms. The number of amides is 1. The molecule has 2 saturated heterocycles. The summed E-state index contributed by atoms with van der Waals surface area (Å²) in [6.07, 6.45) is 5.04. The first-order valence-corrected chi connectivity index (χ1v) is 11.3. The van der Waals surface area contributed by atoms with Crippen LogP contribution < -0.4 is 5.32 Å². The first-order chi connectivity index (χ1) is 14.3. The minimum Gasteiger partial charge on any atom is -0.357 e. The molecule has 3 rings (SSSR count). The Kier molecular flexibility index (Phi) is 8.81. The summed E-state index contributed by atoms with van der Waals surface area (Å²) in [7, 11) is 0. The fraction of sp³-hybridized carbons (Fsp3) is 0.652. The van der Waals surface area contributed by atoms with Gasteiger partial charge in [0.15, 0.2) is 5.96 Å². The van der Waals surface area contributed by atoms with Gasteiger partial charge in [-0.25, -0.2) is 0 Å². The molecule has 0 radical (unpaired) electrons. The Hall–Kier alpha value is -2.08. The van der Waals surface area contributed by atoms with Crippen LogP contribution in [0.4, 0.5) is 0 Å². The summed E-state index contributed by atoms with van der Waals surface area (Å²) in [5.41, 5.74) is 1.38. The number of hydrogen-bond donors (Lipinski definition) is 1. The second kappa shape index (κ2) is 11.8. The minimum absolute atomic E-state index is 0.327. The predicted octanol–water partition coefficient (Wildman–Crippen LogP) is 2.56. The lowest BCUT2D eigenvalue weighted by atomic mass is 10.2. The molecule has 2 heterocycles. The first kappa shape index (κ1) is 21.6. The molecular weight excluding hydrogens is 362 g/mol. The molecule has 0 saturated carbocycles. The summed E-state index contributed by atoms with van der Waals surface area (Å²) >= 11 is 0.